The number of nitrogens with one attached hydrogen (secondary N) is 2. The molecule has 0 aliphatic carbocycles. The van der Waals surface area contributed by atoms with E-state index >= 15 is 0 Å². The van der Waals surface area contributed by atoms with Crippen molar-refractivity contribution in [3.05, 3.63) is 34.3 Å². The van der Waals surface area contributed by atoms with Gasteiger partial charge in [-0.05, 0) is 30.5 Å². The van der Waals surface area contributed by atoms with Crippen LogP contribution < -0.4 is 10.6 Å². The Hall–Kier alpha value is -0.620. The summed E-state index contributed by atoms with van der Waals surface area (Å²) in [5.74, 6) is 0.157. The van der Waals surface area contributed by atoms with Crippen LogP contribution in [0, 0.1) is 5.92 Å². The van der Waals surface area contributed by atoms with Gasteiger partial charge in [-0.3, -0.25) is 4.79 Å². The fourth-order valence-electron chi connectivity index (χ4n) is 2.09. The Morgan fingerprint density at radius 3 is 2.73 bits per heavy atom. The average Bonchev–Trinajstić information content (AvgIpc) is 2.48. The van der Waals surface area contributed by atoms with E-state index in [-0.39, 0.29) is 24.2 Å². The van der Waals surface area contributed by atoms with E-state index in [9.17, 15) is 4.79 Å². The van der Waals surface area contributed by atoms with Gasteiger partial charge in [-0.25, -0.2) is 0 Å². The molecule has 4 nitrogen and oxygen atoms in total. The number of methoxy groups -OCH3 is 1. The van der Waals surface area contributed by atoms with Crippen molar-refractivity contribution in [1.82, 2.24) is 10.6 Å². The summed E-state index contributed by atoms with van der Waals surface area (Å²) in [6.45, 7) is 4.97. The third-order valence-electron chi connectivity index (χ3n) is 3.32. The van der Waals surface area contributed by atoms with Gasteiger partial charge in [0.25, 0.3) is 0 Å². The number of hydrogen-bond donors (Lipinski definition) is 2. The molecule has 0 saturated carbocycles. The summed E-state index contributed by atoms with van der Waals surface area (Å²) in [6.07, 6.45) is 1.62. The van der Waals surface area contributed by atoms with Gasteiger partial charge in [-0.1, -0.05) is 35.0 Å². The van der Waals surface area contributed by atoms with Crippen LogP contribution in [0.1, 0.15) is 18.9 Å². The highest BCUT2D eigenvalue weighted by atomic mass is 79.9. The van der Waals surface area contributed by atoms with Crippen LogP contribution in [0.25, 0.3) is 0 Å². The van der Waals surface area contributed by atoms with Crippen LogP contribution in [-0.2, 0) is 16.0 Å². The Kier molecular flexibility index (Phi) is 12.5. The minimum absolute atomic E-state index is 0. The Morgan fingerprint density at radius 2 is 2.09 bits per heavy atom. The number of carbonyl (C=O) groups excluding carboxylic acids is 1. The summed E-state index contributed by atoms with van der Waals surface area (Å²) in [5, 5.41) is 6.20. The molecule has 0 bridgehead atoms. The molecule has 1 amide bonds. The lowest BCUT2D eigenvalue weighted by Crippen LogP contribution is -2.37. The van der Waals surface area contributed by atoms with E-state index < -0.39 is 0 Å². The lowest BCUT2D eigenvalue weighted by molar-refractivity contribution is -0.125. The predicted molar refractivity (Wildman–Crippen MR) is 96.6 cm³/mol. The third kappa shape index (κ3) is 8.73. The van der Waals surface area contributed by atoms with Crippen LogP contribution in [0.15, 0.2) is 28.7 Å². The molecule has 0 spiro atoms. The van der Waals surface area contributed by atoms with Crippen LogP contribution in [0.3, 0.4) is 0 Å². The van der Waals surface area contributed by atoms with Crippen molar-refractivity contribution in [3.63, 3.8) is 0 Å². The lowest BCUT2D eigenvalue weighted by Gasteiger charge is -2.15. The quantitative estimate of drug-likeness (QED) is 0.601. The second-order valence-corrected chi connectivity index (χ2v) is 5.89. The highest BCUT2D eigenvalue weighted by molar-refractivity contribution is 9.10. The highest BCUT2D eigenvalue weighted by Gasteiger charge is 2.16. The van der Waals surface area contributed by atoms with E-state index in [1.54, 1.807) is 7.11 Å². The molecular weight excluding hydrogens is 368 g/mol. The van der Waals surface area contributed by atoms with Crippen molar-refractivity contribution in [2.75, 3.05) is 33.4 Å². The molecule has 0 fully saturated rings. The molecular formula is C16H26BrClN2O2. The zero-order chi connectivity index (χ0) is 15.5. The SMILES string of the molecule is CCC(Cc1cccc(Br)c1)C(=O)NCCNCCOC.Cl. The number of hydrogen-bond acceptors (Lipinski definition) is 3. The van der Waals surface area contributed by atoms with Crippen molar-refractivity contribution in [2.45, 2.75) is 19.8 Å². The van der Waals surface area contributed by atoms with Gasteiger partial charge in [0.05, 0.1) is 6.61 Å². The molecule has 1 aromatic rings. The van der Waals surface area contributed by atoms with Crippen LogP contribution in [0.2, 0.25) is 0 Å². The summed E-state index contributed by atoms with van der Waals surface area (Å²) in [4.78, 5) is 12.2. The molecule has 1 rings (SSSR count). The van der Waals surface area contributed by atoms with Crippen LogP contribution in [0.5, 0.6) is 0 Å². The standard InChI is InChI=1S/C16H25BrN2O2.ClH/c1-3-14(11-13-5-4-6-15(17)12-13)16(20)19-8-7-18-9-10-21-2;/h4-6,12,14,18H,3,7-11H2,1-2H3,(H,19,20);1H. The van der Waals surface area contributed by atoms with Crippen LogP contribution in [0.4, 0.5) is 0 Å². The molecule has 2 N–H and O–H groups in total. The van der Waals surface area contributed by atoms with Gasteiger partial charge in [-0.15, -0.1) is 12.4 Å². The van der Waals surface area contributed by atoms with Crippen molar-refractivity contribution >= 4 is 34.2 Å². The summed E-state index contributed by atoms with van der Waals surface area (Å²) in [5.41, 5.74) is 1.18. The van der Waals surface area contributed by atoms with Crippen molar-refractivity contribution in [3.8, 4) is 0 Å². The Balaban J connectivity index is 0.00000441. The van der Waals surface area contributed by atoms with Gasteiger partial charge in [0, 0.05) is 37.1 Å². The summed E-state index contributed by atoms with van der Waals surface area (Å²) in [7, 11) is 1.68. The zero-order valence-corrected chi connectivity index (χ0v) is 15.6. The van der Waals surface area contributed by atoms with Gasteiger partial charge >= 0.3 is 0 Å². The Labute approximate surface area is 147 Å². The zero-order valence-electron chi connectivity index (χ0n) is 13.2. The first-order valence-electron chi connectivity index (χ1n) is 7.39. The molecule has 1 aromatic carbocycles. The van der Waals surface area contributed by atoms with E-state index in [1.165, 1.54) is 5.56 Å². The summed E-state index contributed by atoms with van der Waals surface area (Å²) < 4.78 is 6.00. The minimum atomic E-state index is 0. The molecule has 0 aliphatic rings. The van der Waals surface area contributed by atoms with Crippen LogP contribution in [-0.4, -0.2) is 39.3 Å². The number of rotatable bonds is 10. The molecule has 0 heterocycles. The smallest absolute Gasteiger partial charge is 0.223 e. The molecule has 6 heteroatoms. The minimum Gasteiger partial charge on any atom is -0.383 e. The largest absolute Gasteiger partial charge is 0.383 e. The second kappa shape index (κ2) is 12.9. The Bertz CT molecular complexity index is 432. The Morgan fingerprint density at radius 1 is 1.32 bits per heavy atom. The fourth-order valence-corrected chi connectivity index (χ4v) is 2.54. The molecule has 1 atom stereocenters. The first-order valence-corrected chi connectivity index (χ1v) is 8.18. The van der Waals surface area contributed by atoms with E-state index in [0.717, 1.165) is 30.4 Å². The number of halogens is 2. The third-order valence-corrected chi connectivity index (χ3v) is 3.81. The molecule has 1 unspecified atom stereocenters. The summed E-state index contributed by atoms with van der Waals surface area (Å²) in [6, 6.07) is 8.13. The second-order valence-electron chi connectivity index (χ2n) is 4.97. The van der Waals surface area contributed by atoms with Gasteiger partial charge < -0.3 is 15.4 Å². The van der Waals surface area contributed by atoms with Crippen LogP contribution >= 0.6 is 28.3 Å². The summed E-state index contributed by atoms with van der Waals surface area (Å²) >= 11 is 3.46. The first kappa shape index (κ1) is 21.4. The van der Waals surface area contributed by atoms with Gasteiger partial charge in [0.15, 0.2) is 0 Å². The topological polar surface area (TPSA) is 50.4 Å². The van der Waals surface area contributed by atoms with E-state index in [0.29, 0.717) is 13.2 Å². The van der Waals surface area contributed by atoms with Crippen molar-refractivity contribution < 1.29 is 9.53 Å². The predicted octanol–water partition coefficient (Wildman–Crippen LogP) is 2.79. The number of benzene rings is 1. The van der Waals surface area contributed by atoms with E-state index in [4.69, 9.17) is 4.74 Å². The lowest BCUT2D eigenvalue weighted by atomic mass is 9.96. The van der Waals surface area contributed by atoms with Crippen molar-refractivity contribution in [2.24, 2.45) is 5.92 Å². The molecule has 0 saturated heterocycles. The normalized spacial score (nSPS) is 11.6. The fraction of sp³-hybridized carbons (Fsp3) is 0.562. The van der Waals surface area contributed by atoms with Gasteiger partial charge in [0.2, 0.25) is 5.91 Å². The van der Waals surface area contributed by atoms with E-state index in [1.807, 2.05) is 12.1 Å². The molecule has 22 heavy (non-hydrogen) atoms. The number of amides is 1. The molecule has 0 aliphatic heterocycles. The average molecular weight is 394 g/mol. The maximum atomic E-state index is 12.2. The maximum Gasteiger partial charge on any atom is 0.223 e. The maximum absolute atomic E-state index is 12.2. The van der Waals surface area contributed by atoms with Gasteiger partial charge in [0.1, 0.15) is 0 Å². The van der Waals surface area contributed by atoms with Gasteiger partial charge in [-0.2, -0.15) is 0 Å². The molecule has 0 radical (unpaired) electrons. The van der Waals surface area contributed by atoms with Crippen molar-refractivity contribution in [1.29, 1.82) is 0 Å². The molecule has 126 valence electrons. The first-order chi connectivity index (χ1) is 10.2. The molecule has 0 aromatic heterocycles. The highest BCUT2D eigenvalue weighted by Crippen LogP contribution is 2.17. The monoisotopic (exact) mass is 392 g/mol. The van der Waals surface area contributed by atoms with E-state index in [2.05, 4.69) is 45.6 Å². The number of carbonyl (C=O) groups is 1. The number of ether oxygens (including phenoxy) is 1.